The van der Waals surface area contributed by atoms with Crippen LogP contribution in [0.2, 0.25) is 0 Å². The van der Waals surface area contributed by atoms with Crippen LogP contribution >= 0.6 is 51.7 Å². The molecule has 0 atom stereocenters. The Kier molecular flexibility index (Phi) is 13.2. The maximum Gasteiger partial charge on any atom is 0.244 e. The number of likely N-dealkylation sites (tertiary alicyclic amines) is 1. The second-order valence-electron chi connectivity index (χ2n) is 6.20. The van der Waals surface area contributed by atoms with Gasteiger partial charge in [0, 0.05) is 35.5 Å². The van der Waals surface area contributed by atoms with Gasteiger partial charge in [-0.1, -0.05) is 12.1 Å². The molecule has 1 aromatic rings. The van der Waals surface area contributed by atoms with Crippen molar-refractivity contribution >= 4 is 63.5 Å². The third kappa shape index (κ3) is 9.51. The van der Waals surface area contributed by atoms with Crippen molar-refractivity contribution < 1.29 is 4.79 Å². The minimum atomic E-state index is 0. The molecule has 152 valence electrons. The largest absolute Gasteiger partial charge is 0.357 e. The van der Waals surface area contributed by atoms with Gasteiger partial charge in [-0.25, -0.2) is 4.99 Å². The normalized spacial score (nSPS) is 14.0. The molecular formula is C19H30BrIN4OS. The van der Waals surface area contributed by atoms with E-state index in [9.17, 15) is 4.79 Å². The highest BCUT2D eigenvalue weighted by Crippen LogP contribution is 2.27. The number of amides is 1. The molecule has 1 aliphatic rings. The molecule has 8 heteroatoms. The highest BCUT2D eigenvalue weighted by atomic mass is 127. The molecule has 5 nitrogen and oxygen atoms in total. The van der Waals surface area contributed by atoms with Crippen molar-refractivity contribution in [3.8, 4) is 0 Å². The van der Waals surface area contributed by atoms with Crippen LogP contribution in [0.5, 0.6) is 0 Å². The van der Waals surface area contributed by atoms with Gasteiger partial charge in [-0.15, -0.1) is 35.7 Å². The molecule has 1 fully saturated rings. The molecule has 0 saturated carbocycles. The van der Waals surface area contributed by atoms with Gasteiger partial charge in [0.1, 0.15) is 6.54 Å². The maximum atomic E-state index is 12.1. The molecule has 1 amide bonds. The van der Waals surface area contributed by atoms with Crippen LogP contribution in [0, 0.1) is 0 Å². The number of benzene rings is 1. The highest BCUT2D eigenvalue weighted by molar-refractivity contribution is 14.0. The summed E-state index contributed by atoms with van der Waals surface area (Å²) in [4.78, 5) is 19.7. The van der Waals surface area contributed by atoms with Crippen molar-refractivity contribution in [2.45, 2.75) is 37.5 Å². The zero-order valence-electron chi connectivity index (χ0n) is 15.9. The molecule has 2 rings (SSSR count). The van der Waals surface area contributed by atoms with Crippen LogP contribution in [-0.4, -0.2) is 55.2 Å². The summed E-state index contributed by atoms with van der Waals surface area (Å²) in [6.07, 6.45) is 4.43. The lowest BCUT2D eigenvalue weighted by molar-refractivity contribution is -0.128. The lowest BCUT2D eigenvalue weighted by atomic mass is 10.3. The lowest BCUT2D eigenvalue weighted by Crippen LogP contribution is -2.39. The van der Waals surface area contributed by atoms with Gasteiger partial charge in [0.25, 0.3) is 0 Å². The Morgan fingerprint density at radius 2 is 1.96 bits per heavy atom. The quantitative estimate of drug-likeness (QED) is 0.155. The summed E-state index contributed by atoms with van der Waals surface area (Å²) in [7, 11) is 0. The van der Waals surface area contributed by atoms with Crippen LogP contribution in [0.25, 0.3) is 0 Å². The smallest absolute Gasteiger partial charge is 0.244 e. The number of aliphatic imine (C=N–C) groups is 1. The zero-order chi connectivity index (χ0) is 18.6. The molecule has 1 aromatic carbocycles. The molecule has 0 aliphatic carbocycles. The molecule has 2 N–H and O–H groups in total. The van der Waals surface area contributed by atoms with E-state index in [0.717, 1.165) is 68.0 Å². The number of carbonyl (C=O) groups excluding carboxylic acids is 1. The molecule has 27 heavy (non-hydrogen) atoms. The van der Waals surface area contributed by atoms with Gasteiger partial charge in [-0.05, 0) is 66.4 Å². The first-order chi connectivity index (χ1) is 12.7. The van der Waals surface area contributed by atoms with Crippen molar-refractivity contribution in [2.24, 2.45) is 4.99 Å². The van der Waals surface area contributed by atoms with Gasteiger partial charge in [0.2, 0.25) is 5.91 Å². The molecule has 0 spiro atoms. The van der Waals surface area contributed by atoms with E-state index < -0.39 is 0 Å². The topological polar surface area (TPSA) is 56.7 Å². The predicted octanol–water partition coefficient (Wildman–Crippen LogP) is 4.12. The first-order valence-electron chi connectivity index (χ1n) is 9.38. The molecule has 0 aromatic heterocycles. The third-order valence-corrected chi connectivity index (χ3v) is 6.25. The molecule has 1 aliphatic heterocycles. The molecular weight excluding hydrogens is 539 g/mol. The van der Waals surface area contributed by atoms with Crippen molar-refractivity contribution in [1.82, 2.24) is 15.5 Å². The van der Waals surface area contributed by atoms with Crippen molar-refractivity contribution in [3.05, 3.63) is 28.7 Å². The van der Waals surface area contributed by atoms with Crippen LogP contribution in [0.4, 0.5) is 0 Å². The lowest BCUT2D eigenvalue weighted by Gasteiger charge is -2.15. The SMILES string of the molecule is CCNC(=NCC(=O)N1CCCC1)NCCCCSc1ccccc1Br.I. The van der Waals surface area contributed by atoms with E-state index in [-0.39, 0.29) is 36.4 Å². The summed E-state index contributed by atoms with van der Waals surface area (Å²) in [6.45, 7) is 5.68. The number of nitrogens with one attached hydrogen (secondary N) is 2. The molecule has 0 unspecified atom stereocenters. The zero-order valence-corrected chi connectivity index (χ0v) is 20.6. The Hall–Kier alpha value is -0.480. The fraction of sp³-hybridized carbons (Fsp3) is 0.579. The first-order valence-corrected chi connectivity index (χ1v) is 11.2. The van der Waals surface area contributed by atoms with Gasteiger partial charge in [0.15, 0.2) is 5.96 Å². The number of hydrogen-bond donors (Lipinski definition) is 2. The standard InChI is InChI=1S/C19H29BrN4OS.HI/c1-2-21-19(23-15-18(25)24-12-6-7-13-24)22-11-5-8-14-26-17-10-4-3-9-16(17)20;/h3-4,9-10H,2,5-8,11-15H2,1H3,(H2,21,22,23);1H. The first kappa shape index (κ1) is 24.6. The van der Waals surface area contributed by atoms with E-state index in [2.05, 4.69) is 49.8 Å². The third-order valence-electron chi connectivity index (χ3n) is 4.13. The van der Waals surface area contributed by atoms with E-state index in [1.165, 1.54) is 4.90 Å². The number of carbonyl (C=O) groups is 1. The van der Waals surface area contributed by atoms with Crippen LogP contribution in [0.15, 0.2) is 38.6 Å². The van der Waals surface area contributed by atoms with Gasteiger partial charge >= 0.3 is 0 Å². The molecule has 1 saturated heterocycles. The predicted molar refractivity (Wildman–Crippen MR) is 129 cm³/mol. The van der Waals surface area contributed by atoms with Gasteiger partial charge in [-0.2, -0.15) is 0 Å². The fourth-order valence-corrected chi connectivity index (χ4v) is 4.31. The average Bonchev–Trinajstić information content (AvgIpc) is 3.18. The highest BCUT2D eigenvalue weighted by Gasteiger charge is 2.17. The number of hydrogen-bond acceptors (Lipinski definition) is 3. The van der Waals surface area contributed by atoms with E-state index in [1.54, 1.807) is 0 Å². The van der Waals surface area contributed by atoms with Gasteiger partial charge in [-0.3, -0.25) is 4.79 Å². The summed E-state index contributed by atoms with van der Waals surface area (Å²) in [6, 6.07) is 8.32. The summed E-state index contributed by atoms with van der Waals surface area (Å²) in [5.41, 5.74) is 0. The monoisotopic (exact) mass is 568 g/mol. The van der Waals surface area contributed by atoms with Gasteiger partial charge in [0.05, 0.1) is 0 Å². The van der Waals surface area contributed by atoms with E-state index in [0.29, 0.717) is 0 Å². The average molecular weight is 569 g/mol. The summed E-state index contributed by atoms with van der Waals surface area (Å²) >= 11 is 5.45. The van der Waals surface area contributed by atoms with Crippen molar-refractivity contribution in [1.29, 1.82) is 0 Å². The summed E-state index contributed by atoms with van der Waals surface area (Å²) in [5, 5.41) is 6.54. The Morgan fingerprint density at radius 3 is 2.67 bits per heavy atom. The van der Waals surface area contributed by atoms with Crippen LogP contribution < -0.4 is 10.6 Å². The van der Waals surface area contributed by atoms with E-state index >= 15 is 0 Å². The molecule has 1 heterocycles. The van der Waals surface area contributed by atoms with Gasteiger partial charge < -0.3 is 15.5 Å². The fourth-order valence-electron chi connectivity index (χ4n) is 2.73. The Bertz CT molecular complexity index is 597. The second-order valence-corrected chi connectivity index (χ2v) is 8.19. The van der Waals surface area contributed by atoms with Crippen molar-refractivity contribution in [2.75, 3.05) is 38.5 Å². The number of guanidine groups is 1. The number of thioether (sulfide) groups is 1. The number of halogens is 2. The van der Waals surface area contributed by atoms with Crippen LogP contribution in [-0.2, 0) is 4.79 Å². The molecule has 0 radical (unpaired) electrons. The van der Waals surface area contributed by atoms with Crippen LogP contribution in [0.3, 0.4) is 0 Å². The number of rotatable bonds is 9. The summed E-state index contributed by atoms with van der Waals surface area (Å²) in [5.74, 6) is 1.95. The van der Waals surface area contributed by atoms with E-state index in [4.69, 9.17) is 0 Å². The number of nitrogens with zero attached hydrogens (tertiary/aromatic N) is 2. The second kappa shape index (κ2) is 14.5. The Balaban J connectivity index is 0.00000364. The molecule has 0 bridgehead atoms. The van der Waals surface area contributed by atoms with Crippen LogP contribution in [0.1, 0.15) is 32.6 Å². The Labute approximate surface area is 192 Å². The minimum absolute atomic E-state index is 0. The van der Waals surface area contributed by atoms with Crippen molar-refractivity contribution in [3.63, 3.8) is 0 Å². The summed E-state index contributed by atoms with van der Waals surface area (Å²) < 4.78 is 1.16. The Morgan fingerprint density at radius 1 is 1.22 bits per heavy atom. The van der Waals surface area contributed by atoms with E-state index in [1.807, 2.05) is 29.7 Å². The number of unbranched alkanes of at least 4 members (excludes halogenated alkanes) is 1. The minimum Gasteiger partial charge on any atom is -0.357 e. The maximum absolute atomic E-state index is 12.1.